The first-order valence-corrected chi connectivity index (χ1v) is 9.17. The van der Waals surface area contributed by atoms with Gasteiger partial charge < -0.3 is 19.6 Å². The molecule has 1 fully saturated rings. The normalized spacial score (nSPS) is 20.3. The molecule has 0 aromatic heterocycles. The van der Waals surface area contributed by atoms with Crippen LogP contribution in [0.25, 0.3) is 0 Å². The zero-order chi connectivity index (χ0) is 12.4. The topological polar surface area (TPSA) is 127 Å². The lowest BCUT2D eigenvalue weighted by Crippen LogP contribution is -2.40. The van der Waals surface area contributed by atoms with Crippen molar-refractivity contribution in [3.8, 4) is 0 Å². The standard InChI is InChI=1S/C6H15NO6P2S/c8-14(9,10)6(15(11,12)13)7-5-1-3-16-4-2-5/h5-7H,1-4H2,(H2,8,9,10)(H2,11,12,13). The fraction of sp³-hybridized carbons (Fsp3) is 1.00. The molecule has 0 bridgehead atoms. The van der Waals surface area contributed by atoms with Crippen LogP contribution in [0.4, 0.5) is 0 Å². The number of hydrogen-bond acceptors (Lipinski definition) is 4. The van der Waals surface area contributed by atoms with Gasteiger partial charge in [0.2, 0.25) is 5.52 Å². The van der Waals surface area contributed by atoms with E-state index >= 15 is 0 Å². The summed E-state index contributed by atoms with van der Waals surface area (Å²) in [7, 11) is -9.69. The van der Waals surface area contributed by atoms with Gasteiger partial charge in [0.25, 0.3) is 0 Å². The summed E-state index contributed by atoms with van der Waals surface area (Å²) in [5, 5.41) is 2.40. The van der Waals surface area contributed by atoms with Crippen molar-refractivity contribution in [3.05, 3.63) is 0 Å². The van der Waals surface area contributed by atoms with Crippen molar-refractivity contribution in [2.45, 2.75) is 24.4 Å². The smallest absolute Gasteiger partial charge is 0.323 e. The zero-order valence-corrected chi connectivity index (χ0v) is 11.0. The summed E-state index contributed by atoms with van der Waals surface area (Å²) in [6.45, 7) is 0. The maximum absolute atomic E-state index is 11.0. The lowest BCUT2D eigenvalue weighted by atomic mass is 10.2. The van der Waals surface area contributed by atoms with Crippen LogP contribution in [0, 0.1) is 0 Å². The van der Waals surface area contributed by atoms with Crippen LogP contribution in [-0.2, 0) is 9.13 Å². The van der Waals surface area contributed by atoms with Crippen molar-refractivity contribution in [2.75, 3.05) is 11.5 Å². The third-order valence-corrected chi connectivity index (χ3v) is 6.67. The van der Waals surface area contributed by atoms with Crippen LogP contribution in [0.15, 0.2) is 0 Å². The molecular weight excluding hydrogens is 276 g/mol. The molecule has 5 N–H and O–H groups in total. The van der Waals surface area contributed by atoms with E-state index in [1.54, 1.807) is 11.8 Å². The molecule has 1 aliphatic heterocycles. The minimum atomic E-state index is -4.85. The highest BCUT2D eigenvalue weighted by molar-refractivity contribution is 7.99. The van der Waals surface area contributed by atoms with Crippen LogP contribution >= 0.6 is 27.0 Å². The van der Waals surface area contributed by atoms with Gasteiger partial charge in [-0.25, -0.2) is 0 Å². The van der Waals surface area contributed by atoms with Crippen LogP contribution < -0.4 is 5.32 Å². The number of thioether (sulfide) groups is 1. The van der Waals surface area contributed by atoms with Gasteiger partial charge in [-0.1, -0.05) is 0 Å². The maximum Gasteiger partial charge on any atom is 0.354 e. The molecule has 0 radical (unpaired) electrons. The van der Waals surface area contributed by atoms with E-state index in [9.17, 15) is 9.13 Å². The van der Waals surface area contributed by atoms with Gasteiger partial charge in [-0.15, -0.1) is 0 Å². The van der Waals surface area contributed by atoms with Gasteiger partial charge in [0.05, 0.1) is 0 Å². The van der Waals surface area contributed by atoms with Crippen molar-refractivity contribution in [2.24, 2.45) is 0 Å². The maximum atomic E-state index is 11.0. The summed E-state index contributed by atoms with van der Waals surface area (Å²) in [6.07, 6.45) is 1.31. The minimum Gasteiger partial charge on any atom is -0.323 e. The molecule has 0 unspecified atom stereocenters. The van der Waals surface area contributed by atoms with Crippen molar-refractivity contribution >= 4 is 27.0 Å². The quantitative estimate of drug-likeness (QED) is 0.462. The van der Waals surface area contributed by atoms with E-state index in [1.807, 2.05) is 0 Å². The van der Waals surface area contributed by atoms with Gasteiger partial charge >= 0.3 is 15.2 Å². The Balaban J connectivity index is 2.71. The van der Waals surface area contributed by atoms with E-state index in [0.717, 1.165) is 11.5 Å². The van der Waals surface area contributed by atoms with Crippen LogP contribution in [-0.4, -0.2) is 42.6 Å². The predicted molar refractivity (Wildman–Crippen MR) is 61.4 cm³/mol. The number of hydrogen-bond donors (Lipinski definition) is 5. The van der Waals surface area contributed by atoms with Gasteiger partial charge in [-0.3, -0.25) is 14.4 Å². The molecular formula is C6H15NO6P2S. The third-order valence-electron chi connectivity index (χ3n) is 2.24. The molecule has 0 aromatic carbocycles. The summed E-state index contributed by atoms with van der Waals surface area (Å²) in [4.78, 5) is 35.6. The summed E-state index contributed by atoms with van der Waals surface area (Å²) in [5.41, 5.74) is -2.08. The second kappa shape index (κ2) is 5.50. The molecule has 0 saturated carbocycles. The van der Waals surface area contributed by atoms with Gasteiger partial charge in [0.1, 0.15) is 0 Å². The Kier molecular flexibility index (Phi) is 5.04. The first kappa shape index (κ1) is 14.7. The molecule has 10 heteroatoms. The van der Waals surface area contributed by atoms with Gasteiger partial charge in [-0.2, -0.15) is 11.8 Å². The number of nitrogens with one attached hydrogen (secondary N) is 1. The van der Waals surface area contributed by atoms with E-state index in [0.29, 0.717) is 12.8 Å². The van der Waals surface area contributed by atoms with Gasteiger partial charge in [0, 0.05) is 6.04 Å². The molecule has 7 nitrogen and oxygen atoms in total. The summed E-state index contributed by atoms with van der Waals surface area (Å²) >= 11 is 1.71. The van der Waals surface area contributed by atoms with Gasteiger partial charge in [-0.05, 0) is 24.3 Å². The van der Waals surface area contributed by atoms with Crippen LogP contribution in [0.5, 0.6) is 0 Å². The SMILES string of the molecule is O=P(O)(O)C(NC1CCSCC1)P(=O)(O)O. The van der Waals surface area contributed by atoms with E-state index < -0.39 is 20.7 Å². The fourth-order valence-corrected chi connectivity index (χ4v) is 4.95. The Labute approximate surface area is 97.3 Å². The van der Waals surface area contributed by atoms with Crippen molar-refractivity contribution in [1.29, 1.82) is 0 Å². The molecule has 1 rings (SSSR count). The van der Waals surface area contributed by atoms with Crippen molar-refractivity contribution < 1.29 is 28.7 Å². The summed E-state index contributed by atoms with van der Waals surface area (Å²) in [5.74, 6) is 1.65. The largest absolute Gasteiger partial charge is 0.354 e. The Morgan fingerprint density at radius 1 is 1.06 bits per heavy atom. The highest BCUT2D eigenvalue weighted by atomic mass is 32.2. The molecule has 0 aromatic rings. The monoisotopic (exact) mass is 291 g/mol. The first-order chi connectivity index (χ1) is 7.21. The second-order valence-corrected chi connectivity index (χ2v) is 8.63. The average Bonchev–Trinajstić information content (AvgIpc) is 2.12. The van der Waals surface area contributed by atoms with E-state index in [4.69, 9.17) is 19.6 Å². The first-order valence-electron chi connectivity index (χ1n) is 4.65. The molecule has 1 aliphatic rings. The Bertz CT molecular complexity index is 299. The molecule has 1 saturated heterocycles. The highest BCUT2D eigenvalue weighted by Crippen LogP contribution is 2.58. The summed E-state index contributed by atoms with van der Waals surface area (Å²) in [6, 6.07) is -0.244. The lowest BCUT2D eigenvalue weighted by Gasteiger charge is -2.28. The van der Waals surface area contributed by atoms with E-state index in [2.05, 4.69) is 5.32 Å². The van der Waals surface area contributed by atoms with Crippen LogP contribution in [0.3, 0.4) is 0 Å². The molecule has 0 atom stereocenters. The molecule has 16 heavy (non-hydrogen) atoms. The van der Waals surface area contributed by atoms with Crippen LogP contribution in [0.1, 0.15) is 12.8 Å². The summed E-state index contributed by atoms with van der Waals surface area (Å²) < 4.78 is 22.0. The fourth-order valence-electron chi connectivity index (χ4n) is 1.47. The second-order valence-electron chi connectivity index (χ2n) is 3.61. The minimum absolute atomic E-state index is 0.244. The van der Waals surface area contributed by atoms with E-state index in [1.165, 1.54) is 0 Å². The molecule has 0 aliphatic carbocycles. The Morgan fingerprint density at radius 2 is 1.50 bits per heavy atom. The highest BCUT2D eigenvalue weighted by Gasteiger charge is 2.44. The van der Waals surface area contributed by atoms with E-state index in [-0.39, 0.29) is 6.04 Å². The van der Waals surface area contributed by atoms with Gasteiger partial charge in [0.15, 0.2) is 0 Å². The predicted octanol–water partition coefficient (Wildman–Crippen LogP) is 0.111. The van der Waals surface area contributed by atoms with Crippen molar-refractivity contribution in [3.63, 3.8) is 0 Å². The number of rotatable bonds is 4. The molecule has 0 spiro atoms. The molecule has 96 valence electrons. The Hall–Kier alpha value is 0.610. The average molecular weight is 291 g/mol. The zero-order valence-electron chi connectivity index (χ0n) is 8.39. The lowest BCUT2D eigenvalue weighted by molar-refractivity contribution is 0.317. The third kappa shape index (κ3) is 4.47. The van der Waals surface area contributed by atoms with Crippen LogP contribution in [0.2, 0.25) is 0 Å². The van der Waals surface area contributed by atoms with Crippen molar-refractivity contribution in [1.82, 2.24) is 5.32 Å². The molecule has 0 amide bonds. The Morgan fingerprint density at radius 3 is 1.88 bits per heavy atom. The molecule has 1 heterocycles.